The van der Waals surface area contributed by atoms with Crippen molar-refractivity contribution in [2.45, 2.75) is 25.8 Å². The van der Waals surface area contributed by atoms with Crippen molar-refractivity contribution in [3.05, 3.63) is 56.7 Å². The zero-order valence-electron chi connectivity index (χ0n) is 11.1. The lowest BCUT2D eigenvalue weighted by atomic mass is 10.0. The van der Waals surface area contributed by atoms with Gasteiger partial charge in [-0.3, -0.25) is 0 Å². The van der Waals surface area contributed by atoms with Crippen molar-refractivity contribution in [1.29, 1.82) is 0 Å². The second-order valence-corrected chi connectivity index (χ2v) is 5.98. The van der Waals surface area contributed by atoms with Crippen LogP contribution in [0.15, 0.2) is 29.6 Å². The van der Waals surface area contributed by atoms with E-state index in [0.29, 0.717) is 17.0 Å². The lowest BCUT2D eigenvalue weighted by Gasteiger charge is -2.18. The van der Waals surface area contributed by atoms with Crippen LogP contribution in [0.5, 0.6) is 0 Å². The second-order valence-electron chi connectivity index (χ2n) is 4.62. The fourth-order valence-electron chi connectivity index (χ4n) is 2.09. The van der Waals surface area contributed by atoms with Gasteiger partial charge < -0.3 is 5.32 Å². The molecular weight excluding hydrogens is 300 g/mol. The van der Waals surface area contributed by atoms with E-state index >= 15 is 0 Å². The van der Waals surface area contributed by atoms with Gasteiger partial charge in [0.25, 0.3) is 0 Å². The van der Waals surface area contributed by atoms with Crippen LogP contribution in [0.1, 0.15) is 29.8 Å². The number of hydrogen-bond donors (Lipinski definition) is 1. The molecule has 0 saturated carbocycles. The molecule has 108 valence electrons. The summed E-state index contributed by atoms with van der Waals surface area (Å²) in [5.41, 5.74) is 0.626. The van der Waals surface area contributed by atoms with Gasteiger partial charge in [-0.15, -0.1) is 11.3 Å². The highest BCUT2D eigenvalue weighted by atomic mass is 35.5. The fourth-order valence-corrected chi connectivity index (χ4v) is 3.36. The van der Waals surface area contributed by atoms with E-state index in [1.165, 1.54) is 12.1 Å². The molecule has 0 fully saturated rings. The average Bonchev–Trinajstić information content (AvgIpc) is 2.79. The minimum absolute atomic E-state index is 0.0244. The third kappa shape index (κ3) is 4.01. The monoisotopic (exact) mass is 315 g/mol. The lowest BCUT2D eigenvalue weighted by molar-refractivity contribution is 0.529. The molecule has 0 aliphatic rings. The van der Waals surface area contributed by atoms with Gasteiger partial charge in [-0.25, -0.2) is 8.78 Å². The van der Waals surface area contributed by atoms with Crippen LogP contribution in [0.3, 0.4) is 0 Å². The summed E-state index contributed by atoms with van der Waals surface area (Å²) in [6.45, 7) is 2.90. The SMILES string of the molecule is CCCNC(Cc1cc(F)cc(F)c1)c1sccc1Cl. The van der Waals surface area contributed by atoms with Crippen LogP contribution in [0.2, 0.25) is 5.02 Å². The van der Waals surface area contributed by atoms with Crippen LogP contribution in [0.4, 0.5) is 8.78 Å². The van der Waals surface area contributed by atoms with Gasteiger partial charge >= 0.3 is 0 Å². The summed E-state index contributed by atoms with van der Waals surface area (Å²) in [5, 5.41) is 6.00. The van der Waals surface area contributed by atoms with Gasteiger partial charge in [0.1, 0.15) is 11.6 Å². The van der Waals surface area contributed by atoms with E-state index < -0.39 is 11.6 Å². The Morgan fingerprint density at radius 1 is 1.25 bits per heavy atom. The van der Waals surface area contributed by atoms with Crippen LogP contribution < -0.4 is 5.32 Å². The smallest absolute Gasteiger partial charge is 0.126 e. The van der Waals surface area contributed by atoms with E-state index in [4.69, 9.17) is 11.6 Å². The molecule has 1 heterocycles. The van der Waals surface area contributed by atoms with Crippen molar-refractivity contribution in [1.82, 2.24) is 5.32 Å². The zero-order valence-corrected chi connectivity index (χ0v) is 12.7. The van der Waals surface area contributed by atoms with Gasteiger partial charge in [0.2, 0.25) is 0 Å². The van der Waals surface area contributed by atoms with Crippen LogP contribution >= 0.6 is 22.9 Å². The van der Waals surface area contributed by atoms with E-state index in [-0.39, 0.29) is 6.04 Å². The number of nitrogens with one attached hydrogen (secondary N) is 1. The van der Waals surface area contributed by atoms with Crippen LogP contribution in [-0.4, -0.2) is 6.54 Å². The Bertz CT molecular complexity index is 551. The Hall–Kier alpha value is -0.970. The number of benzene rings is 1. The molecule has 0 bridgehead atoms. The molecule has 1 unspecified atom stereocenters. The Morgan fingerprint density at radius 3 is 2.50 bits per heavy atom. The highest BCUT2D eigenvalue weighted by Gasteiger charge is 2.17. The van der Waals surface area contributed by atoms with Crippen LogP contribution in [-0.2, 0) is 6.42 Å². The standard InChI is InChI=1S/C15H16ClF2NS/c1-2-4-19-14(15-13(16)3-5-20-15)8-10-6-11(17)9-12(18)7-10/h3,5-7,9,14,19H,2,4,8H2,1H3. The molecular formula is C15H16ClF2NS. The van der Waals surface area contributed by atoms with Crippen molar-refractivity contribution < 1.29 is 8.78 Å². The van der Waals surface area contributed by atoms with Gasteiger partial charge in [-0.05, 0) is 48.5 Å². The van der Waals surface area contributed by atoms with Crippen molar-refractivity contribution in [2.24, 2.45) is 0 Å². The Kier molecular flexibility index (Phi) is 5.52. The van der Waals surface area contributed by atoms with E-state index in [2.05, 4.69) is 12.2 Å². The molecule has 2 aromatic rings. The molecule has 2 rings (SSSR count). The van der Waals surface area contributed by atoms with Crippen LogP contribution in [0, 0.1) is 11.6 Å². The maximum atomic E-state index is 13.3. The molecule has 0 aliphatic carbocycles. The summed E-state index contributed by atoms with van der Waals surface area (Å²) in [6.07, 6.45) is 1.49. The molecule has 5 heteroatoms. The largest absolute Gasteiger partial charge is 0.309 e. The van der Waals surface area contributed by atoms with Crippen molar-refractivity contribution >= 4 is 22.9 Å². The first-order valence-corrected chi connectivity index (χ1v) is 7.77. The number of hydrogen-bond acceptors (Lipinski definition) is 2. The minimum atomic E-state index is -0.550. The molecule has 0 aliphatic heterocycles. The molecule has 0 saturated heterocycles. The Morgan fingerprint density at radius 2 is 1.95 bits per heavy atom. The van der Waals surface area contributed by atoms with Crippen LogP contribution in [0.25, 0.3) is 0 Å². The molecule has 0 radical (unpaired) electrons. The van der Waals surface area contributed by atoms with E-state index in [1.54, 1.807) is 11.3 Å². The zero-order chi connectivity index (χ0) is 14.5. The predicted octanol–water partition coefficient (Wildman–Crippen LogP) is 4.96. The highest BCUT2D eigenvalue weighted by molar-refractivity contribution is 7.10. The topological polar surface area (TPSA) is 12.0 Å². The maximum Gasteiger partial charge on any atom is 0.126 e. The summed E-state index contributed by atoms with van der Waals surface area (Å²) in [4.78, 5) is 1.00. The molecule has 1 aromatic carbocycles. The normalized spacial score (nSPS) is 12.6. The van der Waals surface area contributed by atoms with Gasteiger partial charge in [0.05, 0.1) is 5.02 Å². The van der Waals surface area contributed by atoms with Crippen molar-refractivity contribution in [3.63, 3.8) is 0 Å². The first-order valence-electron chi connectivity index (χ1n) is 6.51. The van der Waals surface area contributed by atoms with Gasteiger partial charge in [-0.1, -0.05) is 18.5 Å². The maximum absolute atomic E-state index is 13.3. The average molecular weight is 316 g/mol. The van der Waals surface area contributed by atoms with Gasteiger partial charge in [0.15, 0.2) is 0 Å². The van der Waals surface area contributed by atoms with Crippen molar-refractivity contribution in [2.75, 3.05) is 6.54 Å². The quantitative estimate of drug-likeness (QED) is 0.794. The lowest BCUT2D eigenvalue weighted by Crippen LogP contribution is -2.23. The molecule has 1 nitrogen and oxygen atoms in total. The highest BCUT2D eigenvalue weighted by Crippen LogP contribution is 2.31. The van der Waals surface area contributed by atoms with E-state index in [0.717, 1.165) is 23.9 Å². The van der Waals surface area contributed by atoms with Crippen molar-refractivity contribution in [3.8, 4) is 0 Å². The summed E-state index contributed by atoms with van der Waals surface area (Å²) in [6, 6.07) is 5.43. The third-order valence-corrected chi connectivity index (χ3v) is 4.44. The molecule has 20 heavy (non-hydrogen) atoms. The first kappa shape index (κ1) is 15.4. The molecule has 1 aromatic heterocycles. The third-order valence-electron chi connectivity index (χ3n) is 2.96. The summed E-state index contributed by atoms with van der Waals surface area (Å²) in [5.74, 6) is -1.10. The summed E-state index contributed by atoms with van der Waals surface area (Å²) >= 11 is 7.72. The Balaban J connectivity index is 2.21. The molecule has 1 atom stereocenters. The second kappa shape index (κ2) is 7.16. The number of halogens is 3. The minimum Gasteiger partial charge on any atom is -0.309 e. The molecule has 0 amide bonds. The number of rotatable bonds is 6. The predicted molar refractivity (Wildman–Crippen MR) is 80.4 cm³/mol. The van der Waals surface area contributed by atoms with E-state index in [1.807, 2.05) is 11.4 Å². The fraction of sp³-hybridized carbons (Fsp3) is 0.333. The summed E-state index contributed by atoms with van der Waals surface area (Å²) in [7, 11) is 0. The van der Waals surface area contributed by atoms with Gasteiger partial charge in [0, 0.05) is 17.0 Å². The molecule has 0 spiro atoms. The number of thiophene rings is 1. The van der Waals surface area contributed by atoms with Gasteiger partial charge in [-0.2, -0.15) is 0 Å². The van der Waals surface area contributed by atoms with E-state index in [9.17, 15) is 8.78 Å². The summed E-state index contributed by atoms with van der Waals surface area (Å²) < 4.78 is 26.5. The molecule has 1 N–H and O–H groups in total. The Labute approximate surface area is 126 Å². The first-order chi connectivity index (χ1) is 9.60.